The van der Waals surface area contributed by atoms with Gasteiger partial charge in [0.1, 0.15) is 0 Å². The number of likely N-dealkylation sites (tertiary alicyclic amines) is 1. The Kier molecular flexibility index (Phi) is 4.50. The first-order valence-electron chi connectivity index (χ1n) is 6.50. The summed E-state index contributed by atoms with van der Waals surface area (Å²) >= 11 is 0. The van der Waals surface area contributed by atoms with Crippen LogP contribution in [0.2, 0.25) is 0 Å². The van der Waals surface area contributed by atoms with Gasteiger partial charge in [-0.2, -0.15) is 4.98 Å². The maximum absolute atomic E-state index is 5.26. The minimum atomic E-state index is 0.762. The first-order chi connectivity index (χ1) is 8.31. The predicted octanol–water partition coefficient (Wildman–Crippen LogP) is 1.06. The molecule has 1 aliphatic rings. The number of rotatable bonds is 6. The molecular weight excluding hydrogens is 216 g/mol. The molecule has 1 aromatic heterocycles. The lowest BCUT2D eigenvalue weighted by Crippen LogP contribution is -2.24. The zero-order valence-electron chi connectivity index (χ0n) is 10.8. The number of nitrogens with one attached hydrogen (secondary N) is 1. The number of aromatic nitrogens is 2. The molecule has 2 heterocycles. The van der Waals surface area contributed by atoms with E-state index in [1.165, 1.54) is 6.42 Å². The van der Waals surface area contributed by atoms with Crippen LogP contribution in [0.25, 0.3) is 0 Å². The summed E-state index contributed by atoms with van der Waals surface area (Å²) in [6.45, 7) is 6.29. The van der Waals surface area contributed by atoms with Crippen LogP contribution in [0.4, 0.5) is 0 Å². The van der Waals surface area contributed by atoms with Crippen LogP contribution in [-0.2, 0) is 13.0 Å². The molecule has 0 spiro atoms. The fraction of sp³-hybridized carbons (Fsp3) is 0.833. The molecule has 5 nitrogen and oxygen atoms in total. The monoisotopic (exact) mass is 238 g/mol. The second kappa shape index (κ2) is 6.12. The van der Waals surface area contributed by atoms with E-state index in [1.807, 2.05) is 7.05 Å². The zero-order valence-corrected chi connectivity index (χ0v) is 10.8. The van der Waals surface area contributed by atoms with Crippen molar-refractivity contribution in [3.8, 4) is 0 Å². The van der Waals surface area contributed by atoms with Crippen LogP contribution in [-0.4, -0.2) is 41.7 Å². The van der Waals surface area contributed by atoms with Gasteiger partial charge in [-0.15, -0.1) is 0 Å². The summed E-state index contributed by atoms with van der Waals surface area (Å²) in [5.41, 5.74) is 0. The molecule has 1 unspecified atom stereocenters. The highest BCUT2D eigenvalue weighted by Crippen LogP contribution is 2.17. The summed E-state index contributed by atoms with van der Waals surface area (Å²) in [6, 6.07) is 0. The molecule has 1 fully saturated rings. The Morgan fingerprint density at radius 1 is 1.53 bits per heavy atom. The van der Waals surface area contributed by atoms with Gasteiger partial charge in [0.05, 0.1) is 6.54 Å². The molecule has 5 heteroatoms. The van der Waals surface area contributed by atoms with Crippen molar-refractivity contribution in [2.75, 3.05) is 26.7 Å². The largest absolute Gasteiger partial charge is 0.338 e. The SMILES string of the molecule is CCCc1noc(CN2CCC(CNC)C2)n1. The van der Waals surface area contributed by atoms with Gasteiger partial charge in [0.2, 0.25) is 5.89 Å². The third-order valence-electron chi connectivity index (χ3n) is 3.21. The van der Waals surface area contributed by atoms with Gasteiger partial charge in [-0.05, 0) is 38.9 Å². The zero-order chi connectivity index (χ0) is 12.1. The number of hydrogen-bond acceptors (Lipinski definition) is 5. The molecule has 17 heavy (non-hydrogen) atoms. The topological polar surface area (TPSA) is 54.2 Å². The summed E-state index contributed by atoms with van der Waals surface area (Å²) in [5.74, 6) is 2.37. The van der Waals surface area contributed by atoms with Gasteiger partial charge in [0.25, 0.3) is 0 Å². The summed E-state index contributed by atoms with van der Waals surface area (Å²) in [4.78, 5) is 6.79. The van der Waals surface area contributed by atoms with Crippen molar-refractivity contribution in [2.45, 2.75) is 32.7 Å². The van der Waals surface area contributed by atoms with E-state index in [2.05, 4.69) is 27.3 Å². The Labute approximate surface area is 103 Å². The summed E-state index contributed by atoms with van der Waals surface area (Å²) in [6.07, 6.45) is 3.23. The molecular formula is C12H22N4O. The molecule has 96 valence electrons. The van der Waals surface area contributed by atoms with E-state index in [0.717, 1.165) is 56.7 Å². The summed E-state index contributed by atoms with van der Waals surface area (Å²) < 4.78 is 5.26. The fourth-order valence-corrected chi connectivity index (χ4v) is 2.38. The lowest BCUT2D eigenvalue weighted by Gasteiger charge is -2.12. The minimum absolute atomic E-state index is 0.762. The third-order valence-corrected chi connectivity index (χ3v) is 3.21. The van der Waals surface area contributed by atoms with Gasteiger partial charge in [0.15, 0.2) is 5.82 Å². The lowest BCUT2D eigenvalue weighted by molar-refractivity contribution is 0.259. The molecule has 1 saturated heterocycles. The molecule has 0 aromatic carbocycles. The second-order valence-corrected chi connectivity index (χ2v) is 4.80. The fourth-order valence-electron chi connectivity index (χ4n) is 2.38. The molecule has 0 aliphatic carbocycles. The minimum Gasteiger partial charge on any atom is -0.338 e. The first kappa shape index (κ1) is 12.5. The number of hydrogen-bond donors (Lipinski definition) is 1. The Hall–Kier alpha value is -0.940. The Morgan fingerprint density at radius 3 is 3.18 bits per heavy atom. The van der Waals surface area contributed by atoms with Crippen molar-refractivity contribution in [2.24, 2.45) is 5.92 Å². The summed E-state index contributed by atoms with van der Waals surface area (Å²) in [7, 11) is 2.01. The lowest BCUT2D eigenvalue weighted by atomic mass is 10.1. The highest BCUT2D eigenvalue weighted by Gasteiger charge is 2.23. The molecule has 1 atom stereocenters. The Morgan fingerprint density at radius 2 is 2.41 bits per heavy atom. The maximum atomic E-state index is 5.26. The van der Waals surface area contributed by atoms with E-state index >= 15 is 0 Å². The van der Waals surface area contributed by atoms with E-state index in [9.17, 15) is 0 Å². The number of aryl methyl sites for hydroxylation is 1. The second-order valence-electron chi connectivity index (χ2n) is 4.80. The van der Waals surface area contributed by atoms with Crippen LogP contribution in [0, 0.1) is 5.92 Å². The van der Waals surface area contributed by atoms with Crippen molar-refractivity contribution < 1.29 is 4.52 Å². The molecule has 0 amide bonds. The summed E-state index contributed by atoms with van der Waals surface area (Å²) in [5, 5.41) is 7.22. The highest BCUT2D eigenvalue weighted by molar-refractivity contribution is 4.88. The van der Waals surface area contributed by atoms with Crippen molar-refractivity contribution in [1.29, 1.82) is 0 Å². The van der Waals surface area contributed by atoms with Crippen LogP contribution >= 0.6 is 0 Å². The van der Waals surface area contributed by atoms with Gasteiger partial charge >= 0.3 is 0 Å². The first-order valence-corrected chi connectivity index (χ1v) is 6.50. The van der Waals surface area contributed by atoms with Crippen LogP contribution in [0.1, 0.15) is 31.5 Å². The quantitative estimate of drug-likeness (QED) is 0.803. The van der Waals surface area contributed by atoms with E-state index in [-0.39, 0.29) is 0 Å². The molecule has 1 aliphatic heterocycles. The molecule has 0 radical (unpaired) electrons. The van der Waals surface area contributed by atoms with E-state index in [4.69, 9.17) is 4.52 Å². The third kappa shape index (κ3) is 3.51. The molecule has 2 rings (SSSR count). The maximum Gasteiger partial charge on any atom is 0.240 e. The van der Waals surface area contributed by atoms with Crippen molar-refractivity contribution in [1.82, 2.24) is 20.4 Å². The average Bonchev–Trinajstić information content (AvgIpc) is 2.91. The van der Waals surface area contributed by atoms with Crippen molar-refractivity contribution in [3.63, 3.8) is 0 Å². The number of nitrogens with zero attached hydrogens (tertiary/aromatic N) is 3. The van der Waals surface area contributed by atoms with Crippen molar-refractivity contribution in [3.05, 3.63) is 11.7 Å². The average molecular weight is 238 g/mol. The Balaban J connectivity index is 1.80. The van der Waals surface area contributed by atoms with Crippen LogP contribution in [0.5, 0.6) is 0 Å². The van der Waals surface area contributed by atoms with Gasteiger partial charge in [-0.25, -0.2) is 0 Å². The van der Waals surface area contributed by atoms with Gasteiger partial charge in [-0.1, -0.05) is 12.1 Å². The van der Waals surface area contributed by atoms with Crippen LogP contribution < -0.4 is 5.32 Å². The molecule has 1 aromatic rings. The highest BCUT2D eigenvalue weighted by atomic mass is 16.5. The van der Waals surface area contributed by atoms with Gasteiger partial charge in [0, 0.05) is 13.0 Å². The smallest absolute Gasteiger partial charge is 0.240 e. The van der Waals surface area contributed by atoms with Crippen LogP contribution in [0.15, 0.2) is 4.52 Å². The van der Waals surface area contributed by atoms with Crippen molar-refractivity contribution >= 4 is 0 Å². The van der Waals surface area contributed by atoms with Crippen LogP contribution in [0.3, 0.4) is 0 Å². The standard InChI is InChI=1S/C12H22N4O/c1-3-4-11-14-12(17-15-11)9-16-6-5-10(8-16)7-13-2/h10,13H,3-9H2,1-2H3. The normalized spacial score (nSPS) is 21.2. The molecule has 0 saturated carbocycles. The Bertz CT molecular complexity index is 339. The van der Waals surface area contributed by atoms with E-state index in [0.29, 0.717) is 0 Å². The van der Waals surface area contributed by atoms with E-state index < -0.39 is 0 Å². The molecule has 1 N–H and O–H groups in total. The van der Waals surface area contributed by atoms with Gasteiger partial charge in [-0.3, -0.25) is 4.90 Å². The predicted molar refractivity (Wildman–Crippen MR) is 65.6 cm³/mol. The van der Waals surface area contributed by atoms with Gasteiger partial charge < -0.3 is 9.84 Å². The molecule has 0 bridgehead atoms. The van der Waals surface area contributed by atoms with E-state index in [1.54, 1.807) is 0 Å².